The van der Waals surface area contributed by atoms with Crippen LogP contribution >= 0.6 is 23.2 Å². The molecule has 1 heterocycles. The summed E-state index contributed by atoms with van der Waals surface area (Å²) in [6.45, 7) is 1.93. The van der Waals surface area contributed by atoms with Crippen LogP contribution in [0.4, 0.5) is 0 Å². The molecule has 0 fully saturated rings. The topological polar surface area (TPSA) is 68.5 Å². The van der Waals surface area contributed by atoms with E-state index in [4.69, 9.17) is 32.5 Å². The minimum atomic E-state index is -0.222. The molecule has 0 unspecified atom stereocenters. The lowest BCUT2D eigenvalue weighted by molar-refractivity contribution is -0.132. The van der Waals surface area contributed by atoms with Crippen LogP contribution in [0.2, 0.25) is 10.0 Å². The minimum absolute atomic E-state index is 0.108. The van der Waals surface area contributed by atoms with Gasteiger partial charge in [0.1, 0.15) is 5.75 Å². The van der Waals surface area contributed by atoms with Crippen molar-refractivity contribution in [3.8, 4) is 17.1 Å². The Balaban J connectivity index is 1.58. The summed E-state index contributed by atoms with van der Waals surface area (Å²) in [5.74, 6) is 1.05. The quantitative estimate of drug-likeness (QED) is 0.608. The fourth-order valence-electron chi connectivity index (χ4n) is 2.32. The summed E-state index contributed by atoms with van der Waals surface area (Å²) in [7, 11) is 1.64. The maximum absolute atomic E-state index is 12.3. The number of aromatic nitrogens is 2. The lowest BCUT2D eigenvalue weighted by atomic mass is 10.2. The van der Waals surface area contributed by atoms with E-state index in [1.165, 1.54) is 4.90 Å². The number of carbonyl (C=O) groups excluding carboxylic acids is 1. The third kappa shape index (κ3) is 4.78. The predicted molar refractivity (Wildman–Crippen MR) is 103 cm³/mol. The Morgan fingerprint density at radius 2 is 1.96 bits per heavy atom. The second-order valence-electron chi connectivity index (χ2n) is 5.94. The van der Waals surface area contributed by atoms with Crippen LogP contribution in [0.25, 0.3) is 11.4 Å². The maximum atomic E-state index is 12.3. The summed E-state index contributed by atoms with van der Waals surface area (Å²) in [5.41, 5.74) is 1.55. The van der Waals surface area contributed by atoms with Crippen molar-refractivity contribution >= 4 is 29.1 Å². The molecule has 6 nitrogen and oxygen atoms in total. The number of amides is 1. The van der Waals surface area contributed by atoms with E-state index in [1.807, 2.05) is 19.1 Å². The van der Waals surface area contributed by atoms with E-state index in [9.17, 15) is 4.79 Å². The summed E-state index contributed by atoms with van der Waals surface area (Å²) in [4.78, 5) is 18.0. The Morgan fingerprint density at radius 1 is 1.19 bits per heavy atom. The van der Waals surface area contributed by atoms with Gasteiger partial charge < -0.3 is 14.2 Å². The molecule has 0 aliphatic rings. The van der Waals surface area contributed by atoms with Crippen molar-refractivity contribution in [2.24, 2.45) is 0 Å². The minimum Gasteiger partial charge on any atom is -0.484 e. The molecule has 0 radical (unpaired) electrons. The summed E-state index contributed by atoms with van der Waals surface area (Å²) in [5, 5.41) is 5.10. The van der Waals surface area contributed by atoms with Gasteiger partial charge in [-0.2, -0.15) is 4.98 Å². The Bertz CT molecular complexity index is 959. The molecule has 0 bridgehead atoms. The van der Waals surface area contributed by atoms with Crippen LogP contribution in [-0.2, 0) is 11.3 Å². The second-order valence-corrected chi connectivity index (χ2v) is 6.76. The monoisotopic (exact) mass is 405 g/mol. The first-order chi connectivity index (χ1) is 12.9. The second kappa shape index (κ2) is 8.41. The van der Waals surface area contributed by atoms with Crippen molar-refractivity contribution in [2.75, 3.05) is 13.7 Å². The van der Waals surface area contributed by atoms with E-state index in [2.05, 4.69) is 10.1 Å². The Kier molecular flexibility index (Phi) is 5.98. The van der Waals surface area contributed by atoms with Gasteiger partial charge >= 0.3 is 0 Å². The number of aryl methyl sites for hydroxylation is 1. The van der Waals surface area contributed by atoms with Crippen LogP contribution in [-0.4, -0.2) is 34.6 Å². The van der Waals surface area contributed by atoms with Crippen molar-refractivity contribution in [2.45, 2.75) is 13.5 Å². The molecule has 0 saturated carbocycles. The van der Waals surface area contributed by atoms with Crippen LogP contribution in [0.5, 0.6) is 5.75 Å². The highest BCUT2D eigenvalue weighted by molar-refractivity contribution is 6.33. The average molecular weight is 406 g/mol. The first kappa shape index (κ1) is 19.2. The normalized spacial score (nSPS) is 10.7. The lowest BCUT2D eigenvalue weighted by Gasteiger charge is -2.15. The van der Waals surface area contributed by atoms with Crippen molar-refractivity contribution < 1.29 is 14.1 Å². The van der Waals surface area contributed by atoms with Gasteiger partial charge in [0.05, 0.1) is 11.6 Å². The van der Waals surface area contributed by atoms with Crippen LogP contribution < -0.4 is 4.74 Å². The van der Waals surface area contributed by atoms with Gasteiger partial charge in [-0.25, -0.2) is 0 Å². The summed E-state index contributed by atoms with van der Waals surface area (Å²) in [6.07, 6.45) is 0. The van der Waals surface area contributed by atoms with Crippen molar-refractivity contribution in [1.29, 1.82) is 0 Å². The number of hydrogen-bond donors (Lipinski definition) is 0. The number of nitrogens with zero attached hydrogens (tertiary/aromatic N) is 3. The van der Waals surface area contributed by atoms with Crippen LogP contribution in [0.15, 0.2) is 47.0 Å². The van der Waals surface area contributed by atoms with Crippen molar-refractivity contribution in [3.63, 3.8) is 0 Å². The molecule has 2 aromatic carbocycles. The number of carbonyl (C=O) groups is 1. The molecule has 0 aliphatic heterocycles. The Labute approximate surface area is 166 Å². The maximum Gasteiger partial charge on any atom is 0.260 e. The van der Waals surface area contributed by atoms with Gasteiger partial charge in [0, 0.05) is 17.6 Å². The highest BCUT2D eigenvalue weighted by atomic mass is 35.5. The fraction of sp³-hybridized carbons (Fsp3) is 0.211. The molecule has 1 amide bonds. The van der Waals surface area contributed by atoms with E-state index < -0.39 is 0 Å². The summed E-state index contributed by atoms with van der Waals surface area (Å²) in [6, 6.07) is 12.4. The molecular weight excluding hydrogens is 389 g/mol. The van der Waals surface area contributed by atoms with Gasteiger partial charge in [0.15, 0.2) is 6.61 Å². The molecular formula is C19H17Cl2N3O3. The molecule has 0 N–H and O–H groups in total. The molecule has 0 aliphatic carbocycles. The molecule has 0 spiro atoms. The SMILES string of the molecule is Cc1cc(OCC(=O)N(C)Cc2nc(-c3ccccc3Cl)no2)ccc1Cl. The smallest absolute Gasteiger partial charge is 0.260 e. The largest absolute Gasteiger partial charge is 0.484 e. The van der Waals surface area contributed by atoms with Gasteiger partial charge in [-0.15, -0.1) is 0 Å². The van der Waals surface area contributed by atoms with Crippen LogP contribution in [0, 0.1) is 6.92 Å². The zero-order valence-corrected chi connectivity index (χ0v) is 16.3. The zero-order chi connectivity index (χ0) is 19.4. The van der Waals surface area contributed by atoms with Gasteiger partial charge in [-0.1, -0.05) is 40.5 Å². The molecule has 1 aromatic heterocycles. The molecule has 8 heteroatoms. The zero-order valence-electron chi connectivity index (χ0n) is 14.8. The molecule has 27 heavy (non-hydrogen) atoms. The first-order valence-electron chi connectivity index (χ1n) is 8.14. The highest BCUT2D eigenvalue weighted by Crippen LogP contribution is 2.25. The van der Waals surface area contributed by atoms with Gasteiger partial charge in [0.2, 0.25) is 11.7 Å². The molecule has 0 saturated heterocycles. The van der Waals surface area contributed by atoms with Gasteiger partial charge in [-0.05, 0) is 42.8 Å². The molecule has 140 valence electrons. The van der Waals surface area contributed by atoms with Crippen LogP contribution in [0.3, 0.4) is 0 Å². The Morgan fingerprint density at radius 3 is 2.70 bits per heavy atom. The third-order valence-electron chi connectivity index (χ3n) is 3.87. The van der Waals surface area contributed by atoms with Gasteiger partial charge in [0.25, 0.3) is 5.91 Å². The first-order valence-corrected chi connectivity index (χ1v) is 8.90. The number of halogens is 2. The average Bonchev–Trinajstić information content (AvgIpc) is 3.11. The summed E-state index contributed by atoms with van der Waals surface area (Å²) >= 11 is 12.1. The molecule has 3 rings (SSSR count). The lowest BCUT2D eigenvalue weighted by Crippen LogP contribution is -2.31. The van der Waals surface area contributed by atoms with E-state index in [0.29, 0.717) is 33.1 Å². The number of benzene rings is 2. The highest BCUT2D eigenvalue weighted by Gasteiger charge is 2.16. The molecule has 0 atom stereocenters. The van der Waals surface area contributed by atoms with E-state index in [0.717, 1.165) is 5.56 Å². The summed E-state index contributed by atoms with van der Waals surface area (Å²) < 4.78 is 10.7. The van der Waals surface area contributed by atoms with E-state index in [1.54, 1.807) is 37.4 Å². The van der Waals surface area contributed by atoms with Gasteiger partial charge in [-0.3, -0.25) is 4.79 Å². The Hall–Kier alpha value is -2.57. The number of hydrogen-bond acceptors (Lipinski definition) is 5. The fourth-order valence-corrected chi connectivity index (χ4v) is 2.66. The van der Waals surface area contributed by atoms with E-state index >= 15 is 0 Å². The van der Waals surface area contributed by atoms with E-state index in [-0.39, 0.29) is 19.1 Å². The molecule has 3 aromatic rings. The third-order valence-corrected chi connectivity index (χ3v) is 4.63. The van der Waals surface area contributed by atoms with Crippen molar-refractivity contribution in [3.05, 3.63) is 64.0 Å². The number of likely N-dealkylation sites (N-methyl/N-ethyl adjacent to an activating group) is 1. The standard InChI is InChI=1S/C19H17Cl2N3O3/c1-12-9-13(7-8-15(12)20)26-11-18(25)24(2)10-17-22-19(23-27-17)14-5-3-4-6-16(14)21/h3-9H,10-11H2,1-2H3. The van der Waals surface area contributed by atoms with Crippen molar-refractivity contribution in [1.82, 2.24) is 15.0 Å². The predicted octanol–water partition coefficient (Wildman–Crippen LogP) is 4.39. The van der Waals surface area contributed by atoms with Crippen LogP contribution in [0.1, 0.15) is 11.5 Å². The number of rotatable bonds is 6. The number of ether oxygens (including phenoxy) is 1.